The fraction of sp³-hybridized carbons (Fsp3) is 0.115. The van der Waals surface area contributed by atoms with Gasteiger partial charge in [-0.2, -0.15) is 5.26 Å². The molecule has 0 aliphatic carbocycles. The lowest BCUT2D eigenvalue weighted by Gasteiger charge is -2.18. The predicted octanol–water partition coefficient (Wildman–Crippen LogP) is 5.52. The highest BCUT2D eigenvalue weighted by molar-refractivity contribution is 9.10. The van der Waals surface area contributed by atoms with Crippen molar-refractivity contribution in [2.45, 2.75) is 11.7 Å². The van der Waals surface area contributed by atoms with Crippen LogP contribution >= 0.6 is 27.7 Å². The Morgan fingerprint density at radius 3 is 2.38 bits per heavy atom. The molecule has 1 fully saturated rings. The van der Waals surface area contributed by atoms with Crippen LogP contribution in [0.2, 0.25) is 0 Å². The quantitative estimate of drug-likeness (QED) is 0.333. The van der Waals surface area contributed by atoms with Gasteiger partial charge in [0.2, 0.25) is 5.91 Å². The SMILES string of the molecule is COc1ccc(C[C@@H]2S/C(=C(/C#N)C(=O)Nc3ccc(Br)cc3)N(c3ccccc3)C2=O)cc1. The van der Waals surface area contributed by atoms with Crippen LogP contribution in [-0.2, 0) is 16.0 Å². The van der Waals surface area contributed by atoms with E-state index in [2.05, 4.69) is 21.2 Å². The van der Waals surface area contributed by atoms with Crippen LogP contribution in [0.15, 0.2) is 93.9 Å². The molecule has 0 aromatic heterocycles. The van der Waals surface area contributed by atoms with Gasteiger partial charge in [-0.25, -0.2) is 0 Å². The molecule has 0 unspecified atom stereocenters. The first-order valence-electron chi connectivity index (χ1n) is 10.4. The van der Waals surface area contributed by atoms with Crippen LogP contribution in [-0.4, -0.2) is 24.2 Å². The number of rotatable bonds is 6. The van der Waals surface area contributed by atoms with Crippen LogP contribution in [0.5, 0.6) is 5.75 Å². The first-order valence-corrected chi connectivity index (χ1v) is 12.1. The summed E-state index contributed by atoms with van der Waals surface area (Å²) in [7, 11) is 1.60. The first-order chi connectivity index (χ1) is 16.5. The Hall–Kier alpha value is -3.54. The molecule has 1 heterocycles. The van der Waals surface area contributed by atoms with E-state index in [9.17, 15) is 14.9 Å². The van der Waals surface area contributed by atoms with Crippen LogP contribution in [0.3, 0.4) is 0 Å². The van der Waals surface area contributed by atoms with Gasteiger partial charge in [0.1, 0.15) is 22.4 Å². The van der Waals surface area contributed by atoms with Crippen molar-refractivity contribution < 1.29 is 14.3 Å². The van der Waals surface area contributed by atoms with Crippen LogP contribution in [0.1, 0.15) is 5.56 Å². The molecule has 0 bridgehead atoms. The van der Waals surface area contributed by atoms with E-state index in [1.807, 2.05) is 48.5 Å². The van der Waals surface area contributed by atoms with Crippen LogP contribution in [0.25, 0.3) is 0 Å². The zero-order valence-electron chi connectivity index (χ0n) is 18.2. The van der Waals surface area contributed by atoms with Gasteiger partial charge in [0, 0.05) is 15.8 Å². The van der Waals surface area contributed by atoms with Gasteiger partial charge in [-0.05, 0) is 60.5 Å². The third-order valence-corrected chi connectivity index (χ3v) is 6.99. The number of ether oxygens (including phenoxy) is 1. The predicted molar refractivity (Wildman–Crippen MR) is 137 cm³/mol. The fourth-order valence-electron chi connectivity index (χ4n) is 3.50. The van der Waals surface area contributed by atoms with Crippen molar-refractivity contribution in [1.82, 2.24) is 0 Å². The number of benzene rings is 3. The number of para-hydroxylation sites is 1. The molecule has 1 atom stereocenters. The molecule has 0 radical (unpaired) electrons. The number of thioether (sulfide) groups is 1. The summed E-state index contributed by atoms with van der Waals surface area (Å²) >= 11 is 4.60. The average molecular weight is 534 g/mol. The van der Waals surface area contributed by atoms with Gasteiger partial charge in [0.25, 0.3) is 5.91 Å². The normalized spacial score (nSPS) is 16.7. The first kappa shape index (κ1) is 23.6. The van der Waals surface area contributed by atoms with Crippen molar-refractivity contribution in [3.8, 4) is 11.8 Å². The van der Waals surface area contributed by atoms with E-state index < -0.39 is 11.2 Å². The lowest BCUT2D eigenvalue weighted by molar-refractivity contribution is -0.117. The molecule has 2 amide bonds. The summed E-state index contributed by atoms with van der Waals surface area (Å²) in [5.41, 5.74) is 2.01. The van der Waals surface area contributed by atoms with Crippen molar-refractivity contribution in [1.29, 1.82) is 5.26 Å². The molecule has 34 heavy (non-hydrogen) atoms. The summed E-state index contributed by atoms with van der Waals surface area (Å²) < 4.78 is 6.08. The highest BCUT2D eigenvalue weighted by Crippen LogP contribution is 2.42. The Balaban J connectivity index is 1.68. The molecule has 1 aliphatic rings. The lowest BCUT2D eigenvalue weighted by atomic mass is 10.1. The number of amides is 2. The van der Waals surface area contributed by atoms with Crippen LogP contribution < -0.4 is 15.0 Å². The lowest BCUT2D eigenvalue weighted by Crippen LogP contribution is -2.30. The number of methoxy groups -OCH3 is 1. The van der Waals surface area contributed by atoms with Gasteiger partial charge in [0.15, 0.2) is 0 Å². The van der Waals surface area contributed by atoms with Crippen molar-refractivity contribution >= 4 is 50.9 Å². The number of nitriles is 1. The van der Waals surface area contributed by atoms with Gasteiger partial charge in [-0.1, -0.05) is 58.0 Å². The maximum absolute atomic E-state index is 13.5. The van der Waals surface area contributed by atoms with E-state index >= 15 is 0 Å². The summed E-state index contributed by atoms with van der Waals surface area (Å²) in [6.07, 6.45) is 0.452. The third kappa shape index (κ3) is 5.16. The molecule has 3 aromatic carbocycles. The Morgan fingerprint density at radius 2 is 1.76 bits per heavy atom. The minimum absolute atomic E-state index is 0.109. The Kier molecular flexibility index (Phi) is 7.36. The second-order valence-corrected chi connectivity index (χ2v) is 9.53. The summed E-state index contributed by atoms with van der Waals surface area (Å²) in [5, 5.41) is 12.5. The highest BCUT2D eigenvalue weighted by Gasteiger charge is 2.40. The number of nitrogens with zero attached hydrogens (tertiary/aromatic N) is 2. The number of hydrogen-bond donors (Lipinski definition) is 1. The van der Waals surface area contributed by atoms with E-state index in [-0.39, 0.29) is 11.5 Å². The zero-order valence-corrected chi connectivity index (χ0v) is 20.6. The van der Waals surface area contributed by atoms with Gasteiger partial charge >= 0.3 is 0 Å². The smallest absolute Gasteiger partial charge is 0.269 e. The summed E-state index contributed by atoms with van der Waals surface area (Å²) in [5.74, 6) is -0.00520. The van der Waals surface area contributed by atoms with Crippen LogP contribution in [0.4, 0.5) is 11.4 Å². The number of hydrogen-bond acceptors (Lipinski definition) is 5. The Labute approximate surface area is 210 Å². The molecule has 8 heteroatoms. The van der Waals surface area contributed by atoms with E-state index in [4.69, 9.17) is 4.74 Å². The van der Waals surface area contributed by atoms with E-state index in [0.717, 1.165) is 15.8 Å². The summed E-state index contributed by atoms with van der Waals surface area (Å²) in [6.45, 7) is 0. The van der Waals surface area contributed by atoms with Gasteiger partial charge in [0.05, 0.1) is 12.4 Å². The maximum Gasteiger partial charge on any atom is 0.269 e. The second-order valence-electron chi connectivity index (χ2n) is 7.42. The number of carbonyl (C=O) groups excluding carboxylic acids is 2. The maximum atomic E-state index is 13.5. The molecule has 4 rings (SSSR count). The summed E-state index contributed by atoms with van der Waals surface area (Å²) in [4.78, 5) is 28.0. The molecule has 170 valence electrons. The van der Waals surface area contributed by atoms with Crippen LogP contribution in [0, 0.1) is 11.3 Å². The van der Waals surface area contributed by atoms with Crippen molar-refractivity contribution in [2.75, 3.05) is 17.3 Å². The second kappa shape index (κ2) is 10.6. The number of carbonyl (C=O) groups is 2. The number of nitrogens with one attached hydrogen (secondary N) is 1. The number of anilines is 2. The molecular weight excluding hydrogens is 514 g/mol. The largest absolute Gasteiger partial charge is 0.497 e. The fourth-order valence-corrected chi connectivity index (χ4v) is 5.07. The third-order valence-electron chi connectivity index (χ3n) is 5.20. The number of halogens is 1. The monoisotopic (exact) mass is 533 g/mol. The Morgan fingerprint density at radius 1 is 1.09 bits per heavy atom. The zero-order chi connectivity index (χ0) is 24.1. The molecule has 3 aromatic rings. The Bertz CT molecular complexity index is 1270. The summed E-state index contributed by atoms with van der Waals surface area (Å²) in [6, 6.07) is 25.6. The molecule has 1 N–H and O–H groups in total. The standard InChI is InChI=1S/C26H20BrN3O3S/c1-33-21-13-7-17(8-14-21)15-23-25(32)30(20-5-3-2-4-6-20)26(34-23)22(16-28)24(31)29-19-11-9-18(27)10-12-19/h2-14,23H,15H2,1H3,(H,29,31)/b26-22-/t23-/m0/s1. The molecular formula is C26H20BrN3O3S. The van der Waals surface area contributed by atoms with Gasteiger partial charge < -0.3 is 10.1 Å². The minimum Gasteiger partial charge on any atom is -0.497 e. The topological polar surface area (TPSA) is 82.4 Å². The van der Waals surface area contributed by atoms with Crippen molar-refractivity contribution in [2.24, 2.45) is 0 Å². The van der Waals surface area contributed by atoms with Crippen molar-refractivity contribution in [3.63, 3.8) is 0 Å². The molecule has 0 spiro atoms. The molecule has 0 saturated carbocycles. The van der Waals surface area contributed by atoms with E-state index in [0.29, 0.717) is 22.8 Å². The van der Waals surface area contributed by atoms with E-state index in [1.54, 1.807) is 43.5 Å². The molecule has 6 nitrogen and oxygen atoms in total. The van der Waals surface area contributed by atoms with Gasteiger partial charge in [-0.15, -0.1) is 0 Å². The highest BCUT2D eigenvalue weighted by atomic mass is 79.9. The molecule has 1 saturated heterocycles. The minimum atomic E-state index is -0.564. The van der Waals surface area contributed by atoms with E-state index in [1.165, 1.54) is 16.7 Å². The van der Waals surface area contributed by atoms with Gasteiger partial charge in [-0.3, -0.25) is 14.5 Å². The molecule has 1 aliphatic heterocycles. The van der Waals surface area contributed by atoms with Crippen molar-refractivity contribution in [3.05, 3.63) is 99.5 Å². The average Bonchev–Trinajstić information content (AvgIpc) is 3.17.